The summed E-state index contributed by atoms with van der Waals surface area (Å²) in [5, 5.41) is 13.4. The SMILES string of the molecule is FC(F)(F)c1cccc([C@@H](c2nnnn2C2CCCCC2)N(Cc2ccccc2)Cc2ccc(Cl)cc2)c1. The molecule has 198 valence electrons. The molecular weight excluding hydrogens is 511 g/mol. The predicted molar refractivity (Wildman–Crippen MR) is 140 cm³/mol. The Balaban J connectivity index is 1.63. The molecule has 4 aromatic rings. The Morgan fingerprint density at radius 2 is 1.55 bits per heavy atom. The van der Waals surface area contributed by atoms with Crippen LogP contribution in [-0.4, -0.2) is 25.1 Å². The van der Waals surface area contributed by atoms with Crippen molar-refractivity contribution < 1.29 is 13.2 Å². The molecule has 0 unspecified atom stereocenters. The molecule has 1 atom stereocenters. The lowest BCUT2D eigenvalue weighted by atomic mass is 9.94. The fraction of sp³-hybridized carbons (Fsp3) is 0.345. The quantitative estimate of drug-likeness (QED) is 0.231. The van der Waals surface area contributed by atoms with Gasteiger partial charge in [-0.15, -0.1) is 5.10 Å². The molecule has 9 heteroatoms. The van der Waals surface area contributed by atoms with Crippen LogP contribution < -0.4 is 0 Å². The number of halogens is 4. The third kappa shape index (κ3) is 6.25. The van der Waals surface area contributed by atoms with Crippen LogP contribution in [0.1, 0.15) is 72.3 Å². The largest absolute Gasteiger partial charge is 0.416 e. The molecule has 1 heterocycles. The lowest BCUT2D eigenvalue weighted by Gasteiger charge is -2.33. The third-order valence-corrected chi connectivity index (χ3v) is 7.36. The van der Waals surface area contributed by atoms with E-state index < -0.39 is 17.8 Å². The van der Waals surface area contributed by atoms with Crippen LogP contribution in [-0.2, 0) is 19.3 Å². The van der Waals surface area contributed by atoms with E-state index in [1.807, 2.05) is 59.3 Å². The highest BCUT2D eigenvalue weighted by molar-refractivity contribution is 6.30. The Hall–Kier alpha value is -3.23. The molecule has 1 saturated carbocycles. The van der Waals surface area contributed by atoms with E-state index in [9.17, 15) is 13.2 Å². The normalized spacial score (nSPS) is 15.6. The fourth-order valence-electron chi connectivity index (χ4n) is 5.26. The highest BCUT2D eigenvalue weighted by atomic mass is 35.5. The number of hydrogen-bond acceptors (Lipinski definition) is 4. The monoisotopic (exact) mass is 539 g/mol. The second kappa shape index (κ2) is 11.7. The van der Waals surface area contributed by atoms with E-state index in [0.29, 0.717) is 29.5 Å². The molecule has 0 spiro atoms. The summed E-state index contributed by atoms with van der Waals surface area (Å²) in [4.78, 5) is 2.14. The second-order valence-electron chi connectivity index (χ2n) is 9.82. The zero-order chi connectivity index (χ0) is 26.5. The Morgan fingerprint density at radius 3 is 2.24 bits per heavy atom. The highest BCUT2D eigenvalue weighted by Crippen LogP contribution is 2.37. The van der Waals surface area contributed by atoms with Gasteiger partial charge < -0.3 is 0 Å². The number of rotatable bonds is 8. The van der Waals surface area contributed by atoms with Gasteiger partial charge in [0.1, 0.15) is 0 Å². The number of nitrogens with zero attached hydrogens (tertiary/aromatic N) is 5. The standard InChI is InChI=1S/C29H29ClF3N5/c30-25-16-14-22(15-17-25)20-37(19-21-8-3-1-4-9-21)27(23-10-7-11-24(18-23)29(31,32)33)28-34-35-36-38(28)26-12-5-2-6-13-26/h1,3-4,7-11,14-18,26-27H,2,5-6,12-13,19-20H2/t27-/m0/s1. The lowest BCUT2D eigenvalue weighted by Crippen LogP contribution is -2.32. The van der Waals surface area contributed by atoms with E-state index in [1.165, 1.54) is 18.6 Å². The highest BCUT2D eigenvalue weighted by Gasteiger charge is 2.35. The van der Waals surface area contributed by atoms with Gasteiger partial charge in [-0.1, -0.05) is 85.5 Å². The first kappa shape index (κ1) is 26.4. The van der Waals surface area contributed by atoms with Crippen LogP contribution in [0.15, 0.2) is 78.9 Å². The van der Waals surface area contributed by atoms with Crippen molar-refractivity contribution in [1.29, 1.82) is 0 Å². The van der Waals surface area contributed by atoms with Crippen molar-refractivity contribution in [1.82, 2.24) is 25.1 Å². The summed E-state index contributed by atoms with van der Waals surface area (Å²) in [5.74, 6) is 0.557. The van der Waals surface area contributed by atoms with Crippen LogP contribution in [0.5, 0.6) is 0 Å². The molecule has 3 aromatic carbocycles. The van der Waals surface area contributed by atoms with Crippen molar-refractivity contribution in [3.05, 3.63) is 112 Å². The van der Waals surface area contributed by atoms with Crippen LogP contribution in [0.4, 0.5) is 13.2 Å². The van der Waals surface area contributed by atoms with E-state index >= 15 is 0 Å². The van der Waals surface area contributed by atoms with Crippen LogP contribution >= 0.6 is 11.6 Å². The van der Waals surface area contributed by atoms with E-state index in [2.05, 4.69) is 20.4 Å². The molecule has 1 fully saturated rings. The van der Waals surface area contributed by atoms with Gasteiger partial charge in [-0.2, -0.15) is 13.2 Å². The molecule has 1 aromatic heterocycles. The summed E-state index contributed by atoms with van der Waals surface area (Å²) < 4.78 is 43.3. The molecule has 1 aliphatic rings. The van der Waals surface area contributed by atoms with Crippen molar-refractivity contribution in [3.63, 3.8) is 0 Å². The van der Waals surface area contributed by atoms with Crippen molar-refractivity contribution in [2.75, 3.05) is 0 Å². The first-order valence-electron chi connectivity index (χ1n) is 12.9. The van der Waals surface area contributed by atoms with Gasteiger partial charge in [-0.05, 0) is 64.2 Å². The smallest absolute Gasteiger partial charge is 0.281 e. The Kier molecular flexibility index (Phi) is 8.09. The van der Waals surface area contributed by atoms with Crippen molar-refractivity contribution >= 4 is 11.6 Å². The maximum Gasteiger partial charge on any atom is 0.416 e. The Labute approximate surface area is 225 Å². The number of alkyl halides is 3. The zero-order valence-electron chi connectivity index (χ0n) is 20.9. The average Bonchev–Trinajstić information content (AvgIpc) is 3.40. The minimum atomic E-state index is -4.46. The van der Waals surface area contributed by atoms with Crippen molar-refractivity contribution in [2.24, 2.45) is 0 Å². The summed E-state index contributed by atoms with van der Waals surface area (Å²) >= 11 is 6.13. The molecular formula is C29H29ClF3N5. The minimum absolute atomic E-state index is 0.121. The van der Waals surface area contributed by atoms with Gasteiger partial charge in [0, 0.05) is 18.1 Å². The molecule has 0 radical (unpaired) electrons. The molecule has 0 amide bonds. The maximum absolute atomic E-state index is 13.8. The van der Waals surface area contributed by atoms with Crippen LogP contribution in [0.3, 0.4) is 0 Å². The van der Waals surface area contributed by atoms with E-state index in [-0.39, 0.29) is 6.04 Å². The summed E-state index contributed by atoms with van der Waals surface area (Å²) in [6.07, 6.45) is 0.762. The zero-order valence-corrected chi connectivity index (χ0v) is 21.6. The summed E-state index contributed by atoms with van der Waals surface area (Å²) in [7, 11) is 0. The van der Waals surface area contributed by atoms with Crippen LogP contribution in [0.2, 0.25) is 5.02 Å². The van der Waals surface area contributed by atoms with Gasteiger partial charge in [-0.25, -0.2) is 4.68 Å². The van der Waals surface area contributed by atoms with Gasteiger partial charge in [-0.3, -0.25) is 4.90 Å². The van der Waals surface area contributed by atoms with Gasteiger partial charge in [0.05, 0.1) is 17.6 Å². The van der Waals surface area contributed by atoms with Gasteiger partial charge in [0.15, 0.2) is 5.82 Å². The van der Waals surface area contributed by atoms with E-state index in [1.54, 1.807) is 6.07 Å². The summed E-state index contributed by atoms with van der Waals surface area (Å²) in [6, 6.07) is 22.5. The molecule has 5 nitrogen and oxygen atoms in total. The first-order valence-corrected chi connectivity index (χ1v) is 13.2. The molecule has 0 aliphatic heterocycles. The average molecular weight is 540 g/mol. The fourth-order valence-corrected chi connectivity index (χ4v) is 5.38. The second-order valence-corrected chi connectivity index (χ2v) is 10.3. The molecule has 38 heavy (non-hydrogen) atoms. The van der Waals surface area contributed by atoms with Gasteiger partial charge in [0.25, 0.3) is 0 Å². The Bertz CT molecular complexity index is 1320. The van der Waals surface area contributed by atoms with Gasteiger partial charge >= 0.3 is 6.18 Å². The number of tetrazole rings is 1. The molecule has 5 rings (SSSR count). The Morgan fingerprint density at radius 1 is 0.868 bits per heavy atom. The molecule has 0 saturated heterocycles. The van der Waals surface area contributed by atoms with Crippen molar-refractivity contribution in [3.8, 4) is 0 Å². The topological polar surface area (TPSA) is 46.8 Å². The van der Waals surface area contributed by atoms with Crippen LogP contribution in [0, 0.1) is 0 Å². The molecule has 0 N–H and O–H groups in total. The predicted octanol–water partition coefficient (Wildman–Crippen LogP) is 7.64. The van der Waals surface area contributed by atoms with E-state index in [4.69, 9.17) is 11.6 Å². The first-order chi connectivity index (χ1) is 18.4. The minimum Gasteiger partial charge on any atom is -0.281 e. The number of benzene rings is 3. The van der Waals surface area contributed by atoms with Crippen molar-refractivity contribution in [2.45, 2.75) is 63.5 Å². The lowest BCUT2D eigenvalue weighted by molar-refractivity contribution is -0.137. The summed E-state index contributed by atoms with van der Waals surface area (Å²) in [6.45, 7) is 0.951. The molecule has 0 bridgehead atoms. The maximum atomic E-state index is 13.8. The number of hydrogen-bond donors (Lipinski definition) is 0. The third-order valence-electron chi connectivity index (χ3n) is 7.11. The van der Waals surface area contributed by atoms with Gasteiger partial charge in [0.2, 0.25) is 0 Å². The van der Waals surface area contributed by atoms with E-state index in [0.717, 1.165) is 42.9 Å². The van der Waals surface area contributed by atoms with Crippen LogP contribution in [0.25, 0.3) is 0 Å². The molecule has 1 aliphatic carbocycles. The number of aromatic nitrogens is 4. The summed E-state index contributed by atoms with van der Waals surface area (Å²) in [5.41, 5.74) is 1.83.